The lowest BCUT2D eigenvalue weighted by Gasteiger charge is -1.95. The molecule has 5 heteroatoms. The highest BCUT2D eigenvalue weighted by molar-refractivity contribution is 5.85. The molecule has 0 aromatic carbocycles. The van der Waals surface area contributed by atoms with Crippen LogP contribution in [0.5, 0.6) is 0 Å². The van der Waals surface area contributed by atoms with Crippen LogP contribution in [0.2, 0.25) is 0 Å². The molecule has 56 valence electrons. The van der Waals surface area contributed by atoms with Gasteiger partial charge in [0.05, 0.1) is 12.0 Å². The summed E-state index contributed by atoms with van der Waals surface area (Å²) in [5, 5.41) is 0. The highest BCUT2D eigenvalue weighted by Gasteiger charge is 2.01. The van der Waals surface area contributed by atoms with Crippen molar-refractivity contribution < 1.29 is 0 Å². The Morgan fingerprint density at radius 2 is 2.18 bits per heavy atom. The van der Waals surface area contributed by atoms with Gasteiger partial charge in [-0.3, -0.25) is 0 Å². The number of aromatic amines is 1. The molecule has 2 rings (SSSR count). The van der Waals surface area contributed by atoms with E-state index in [1.165, 1.54) is 6.33 Å². The molecule has 2 heterocycles. The molecule has 5 nitrogen and oxygen atoms in total. The first-order valence-corrected chi connectivity index (χ1v) is 3.12. The van der Waals surface area contributed by atoms with Gasteiger partial charge in [0.1, 0.15) is 11.3 Å². The molecule has 0 bridgehead atoms. The number of nitrogens with zero attached hydrogens (tertiary/aromatic N) is 2. The highest BCUT2D eigenvalue weighted by atomic mass is 15.0. The van der Waals surface area contributed by atoms with E-state index >= 15 is 0 Å². The van der Waals surface area contributed by atoms with Crippen molar-refractivity contribution in [3.05, 3.63) is 12.4 Å². The summed E-state index contributed by atoms with van der Waals surface area (Å²) in [7, 11) is 0. The van der Waals surface area contributed by atoms with E-state index in [9.17, 15) is 0 Å². The number of hydrogen-bond donors (Lipinski definition) is 3. The van der Waals surface area contributed by atoms with Crippen molar-refractivity contribution in [2.45, 2.75) is 0 Å². The van der Waals surface area contributed by atoms with Crippen molar-refractivity contribution in [3.8, 4) is 0 Å². The Labute approximate surface area is 62.4 Å². The quantitative estimate of drug-likeness (QED) is 0.496. The average molecular weight is 149 g/mol. The SMILES string of the molecule is Nc1cc(N)c2[nH]cnc2n1. The van der Waals surface area contributed by atoms with Crippen molar-refractivity contribution in [3.63, 3.8) is 0 Å². The molecular weight excluding hydrogens is 142 g/mol. The molecule has 0 atom stereocenters. The second-order valence-corrected chi connectivity index (χ2v) is 2.24. The third-order valence-corrected chi connectivity index (χ3v) is 1.45. The number of pyridine rings is 1. The molecule has 2 aromatic rings. The molecule has 0 aliphatic heterocycles. The van der Waals surface area contributed by atoms with Crippen LogP contribution >= 0.6 is 0 Å². The van der Waals surface area contributed by atoms with Crippen molar-refractivity contribution in [2.24, 2.45) is 0 Å². The average Bonchev–Trinajstić information content (AvgIpc) is 2.34. The molecule has 2 aromatic heterocycles. The lowest BCUT2D eigenvalue weighted by molar-refractivity contribution is 1.31. The summed E-state index contributed by atoms with van der Waals surface area (Å²) < 4.78 is 0. The van der Waals surface area contributed by atoms with Crippen LogP contribution in [0.15, 0.2) is 12.4 Å². The molecule has 0 saturated carbocycles. The zero-order valence-corrected chi connectivity index (χ0v) is 5.70. The summed E-state index contributed by atoms with van der Waals surface area (Å²) in [4.78, 5) is 10.7. The molecule has 5 N–H and O–H groups in total. The summed E-state index contributed by atoms with van der Waals surface area (Å²) in [6.45, 7) is 0. The van der Waals surface area contributed by atoms with E-state index in [1.54, 1.807) is 6.07 Å². The topological polar surface area (TPSA) is 93.6 Å². The number of nitrogen functional groups attached to an aromatic ring is 2. The maximum absolute atomic E-state index is 5.61. The second kappa shape index (κ2) is 1.85. The normalized spacial score (nSPS) is 10.5. The van der Waals surface area contributed by atoms with Crippen molar-refractivity contribution in [1.82, 2.24) is 15.0 Å². The Hall–Kier alpha value is -1.78. The third kappa shape index (κ3) is 0.778. The van der Waals surface area contributed by atoms with E-state index in [-0.39, 0.29) is 0 Å². The first kappa shape index (κ1) is 5.96. The summed E-state index contributed by atoms with van der Waals surface area (Å²) in [5.74, 6) is 0.391. The van der Waals surface area contributed by atoms with E-state index in [0.717, 1.165) is 5.52 Å². The maximum Gasteiger partial charge on any atom is 0.181 e. The predicted molar refractivity (Wildman–Crippen MR) is 42.7 cm³/mol. The zero-order chi connectivity index (χ0) is 7.84. The Morgan fingerprint density at radius 3 is 3.00 bits per heavy atom. The number of imidazole rings is 1. The summed E-state index contributed by atoms with van der Waals surface area (Å²) in [6.07, 6.45) is 1.54. The van der Waals surface area contributed by atoms with Crippen LogP contribution in [-0.4, -0.2) is 15.0 Å². The molecule has 0 saturated heterocycles. The fraction of sp³-hybridized carbons (Fsp3) is 0. The van der Waals surface area contributed by atoms with Crippen LogP contribution < -0.4 is 11.5 Å². The number of nitrogens with two attached hydrogens (primary N) is 2. The number of fused-ring (bicyclic) bond motifs is 1. The van der Waals surface area contributed by atoms with E-state index in [2.05, 4.69) is 15.0 Å². The molecule has 0 unspecified atom stereocenters. The minimum absolute atomic E-state index is 0.391. The van der Waals surface area contributed by atoms with Gasteiger partial charge < -0.3 is 16.5 Å². The molecular formula is C6H7N5. The van der Waals surface area contributed by atoms with Gasteiger partial charge in [-0.05, 0) is 0 Å². The number of aromatic nitrogens is 3. The van der Waals surface area contributed by atoms with E-state index in [4.69, 9.17) is 11.5 Å². The van der Waals surface area contributed by atoms with E-state index in [1.807, 2.05) is 0 Å². The zero-order valence-electron chi connectivity index (χ0n) is 5.70. The monoisotopic (exact) mass is 149 g/mol. The first-order valence-electron chi connectivity index (χ1n) is 3.12. The molecule has 0 amide bonds. The van der Waals surface area contributed by atoms with Crippen LogP contribution in [0.25, 0.3) is 11.2 Å². The van der Waals surface area contributed by atoms with Gasteiger partial charge in [0.2, 0.25) is 0 Å². The minimum Gasteiger partial charge on any atom is -0.397 e. The van der Waals surface area contributed by atoms with E-state index in [0.29, 0.717) is 17.2 Å². The largest absolute Gasteiger partial charge is 0.397 e. The van der Waals surface area contributed by atoms with Crippen LogP contribution in [0.1, 0.15) is 0 Å². The smallest absolute Gasteiger partial charge is 0.181 e. The highest BCUT2D eigenvalue weighted by Crippen LogP contribution is 2.16. The van der Waals surface area contributed by atoms with Crippen molar-refractivity contribution in [2.75, 3.05) is 11.5 Å². The molecule has 0 aliphatic rings. The van der Waals surface area contributed by atoms with Gasteiger partial charge >= 0.3 is 0 Å². The van der Waals surface area contributed by atoms with E-state index < -0.39 is 0 Å². The summed E-state index contributed by atoms with van der Waals surface area (Å²) >= 11 is 0. The second-order valence-electron chi connectivity index (χ2n) is 2.24. The van der Waals surface area contributed by atoms with Gasteiger partial charge in [0, 0.05) is 6.07 Å². The lowest BCUT2D eigenvalue weighted by atomic mass is 10.3. The maximum atomic E-state index is 5.61. The van der Waals surface area contributed by atoms with Gasteiger partial charge in [-0.1, -0.05) is 0 Å². The minimum atomic E-state index is 0.391. The molecule has 0 spiro atoms. The Balaban J connectivity index is 2.91. The van der Waals surface area contributed by atoms with Gasteiger partial charge in [-0.2, -0.15) is 0 Å². The molecule has 0 aliphatic carbocycles. The number of hydrogen-bond acceptors (Lipinski definition) is 4. The third-order valence-electron chi connectivity index (χ3n) is 1.45. The van der Waals surface area contributed by atoms with Gasteiger partial charge in [0.25, 0.3) is 0 Å². The summed E-state index contributed by atoms with van der Waals surface area (Å²) in [5.41, 5.74) is 12.9. The van der Waals surface area contributed by atoms with Crippen molar-refractivity contribution >= 4 is 22.7 Å². The fourth-order valence-corrected chi connectivity index (χ4v) is 0.970. The molecule has 11 heavy (non-hydrogen) atoms. The number of rotatable bonds is 0. The molecule has 0 fully saturated rings. The standard InChI is InChI=1S/C6H7N5/c7-3-1-4(8)11-6-5(3)9-2-10-6/h1-2H,(H5,7,8,9,10,11). The Morgan fingerprint density at radius 1 is 1.36 bits per heavy atom. The van der Waals surface area contributed by atoms with Crippen LogP contribution in [0.4, 0.5) is 11.5 Å². The summed E-state index contributed by atoms with van der Waals surface area (Å²) in [6, 6.07) is 1.60. The van der Waals surface area contributed by atoms with Crippen LogP contribution in [-0.2, 0) is 0 Å². The van der Waals surface area contributed by atoms with Gasteiger partial charge in [-0.15, -0.1) is 0 Å². The van der Waals surface area contributed by atoms with Crippen LogP contribution in [0, 0.1) is 0 Å². The number of nitrogens with one attached hydrogen (secondary N) is 1. The molecule has 0 radical (unpaired) electrons. The number of H-pyrrole nitrogens is 1. The van der Waals surface area contributed by atoms with Gasteiger partial charge in [0.15, 0.2) is 5.65 Å². The first-order chi connectivity index (χ1) is 5.27. The number of anilines is 2. The predicted octanol–water partition coefficient (Wildman–Crippen LogP) is 0.122. The fourth-order valence-electron chi connectivity index (χ4n) is 0.970. The Kier molecular flexibility index (Phi) is 1.00. The lowest BCUT2D eigenvalue weighted by Crippen LogP contribution is -1.94. The van der Waals surface area contributed by atoms with Crippen molar-refractivity contribution in [1.29, 1.82) is 0 Å². The van der Waals surface area contributed by atoms with Crippen LogP contribution in [0.3, 0.4) is 0 Å². The van der Waals surface area contributed by atoms with Gasteiger partial charge in [-0.25, -0.2) is 9.97 Å². The Bertz CT molecular complexity index is 391.